The smallest absolute Gasteiger partial charge is 0.271 e. The predicted molar refractivity (Wildman–Crippen MR) is 63.0 cm³/mol. The molecule has 1 heterocycles. The van der Waals surface area contributed by atoms with Crippen molar-refractivity contribution in [2.24, 2.45) is 11.1 Å². The number of hydrogen-bond acceptors (Lipinski definition) is 4. The van der Waals surface area contributed by atoms with Crippen LogP contribution in [-0.4, -0.2) is 28.5 Å². The molecule has 0 aliphatic rings. The highest BCUT2D eigenvalue weighted by Crippen LogP contribution is 2.10. The highest BCUT2D eigenvalue weighted by molar-refractivity contribution is 5.92. The van der Waals surface area contributed by atoms with Crippen LogP contribution in [0.2, 0.25) is 0 Å². The van der Waals surface area contributed by atoms with Crippen molar-refractivity contribution < 1.29 is 4.79 Å². The van der Waals surface area contributed by atoms with Gasteiger partial charge in [0, 0.05) is 25.8 Å². The second kappa shape index (κ2) is 5.46. The normalized spacial score (nSPS) is 10.9. The molecule has 0 saturated heterocycles. The Morgan fingerprint density at radius 1 is 1.71 bits per heavy atom. The third kappa shape index (κ3) is 3.89. The second-order valence-corrected chi connectivity index (χ2v) is 4.46. The molecule has 0 radical (unpaired) electrons. The van der Waals surface area contributed by atoms with E-state index in [-0.39, 0.29) is 5.91 Å². The van der Waals surface area contributed by atoms with E-state index < -0.39 is 5.41 Å². The van der Waals surface area contributed by atoms with E-state index in [0.29, 0.717) is 25.3 Å². The second-order valence-electron chi connectivity index (χ2n) is 4.46. The largest absolute Gasteiger partial charge is 0.349 e. The van der Waals surface area contributed by atoms with E-state index in [0.717, 1.165) is 0 Å². The van der Waals surface area contributed by atoms with Crippen LogP contribution >= 0.6 is 0 Å². The predicted octanol–water partition coefficient (Wildman–Crippen LogP) is 0.121. The van der Waals surface area contributed by atoms with Crippen molar-refractivity contribution in [2.75, 3.05) is 13.1 Å². The lowest BCUT2D eigenvalue weighted by atomic mass is 9.96. The summed E-state index contributed by atoms with van der Waals surface area (Å²) in [4.78, 5) is 15.7. The monoisotopic (exact) mass is 235 g/mol. The molecule has 3 N–H and O–H groups in total. The van der Waals surface area contributed by atoms with Gasteiger partial charge in [0.25, 0.3) is 5.91 Å². The molecule has 0 aromatic carbocycles. The van der Waals surface area contributed by atoms with Gasteiger partial charge in [-0.1, -0.05) is 0 Å². The zero-order valence-electron chi connectivity index (χ0n) is 10.1. The number of aromatic nitrogens is 2. The molecule has 1 aromatic rings. The van der Waals surface area contributed by atoms with Gasteiger partial charge in [0.2, 0.25) is 0 Å². The van der Waals surface area contributed by atoms with Gasteiger partial charge in [0.1, 0.15) is 5.69 Å². The van der Waals surface area contributed by atoms with Crippen LogP contribution in [0.3, 0.4) is 0 Å². The van der Waals surface area contributed by atoms with E-state index in [1.54, 1.807) is 30.9 Å². The van der Waals surface area contributed by atoms with E-state index in [2.05, 4.69) is 16.4 Å². The average Bonchev–Trinajstić information content (AvgIpc) is 2.75. The van der Waals surface area contributed by atoms with Crippen molar-refractivity contribution in [1.82, 2.24) is 14.9 Å². The first-order chi connectivity index (χ1) is 7.98. The van der Waals surface area contributed by atoms with Crippen LogP contribution in [0, 0.1) is 16.7 Å². The molecule has 1 rings (SSSR count). The number of nitrogens with zero attached hydrogens (tertiary/aromatic N) is 3. The lowest BCUT2D eigenvalue weighted by molar-refractivity contribution is 0.0939. The van der Waals surface area contributed by atoms with Gasteiger partial charge in [0.15, 0.2) is 0 Å². The number of nitrogens with one attached hydrogen (secondary N) is 1. The third-order valence-corrected chi connectivity index (χ3v) is 2.25. The molecule has 0 atom stereocenters. The fourth-order valence-corrected chi connectivity index (χ4v) is 1.18. The number of carbonyl (C=O) groups excluding carboxylic acids is 1. The Morgan fingerprint density at radius 3 is 3.00 bits per heavy atom. The number of imidazole rings is 1. The number of hydrogen-bond donors (Lipinski definition) is 2. The van der Waals surface area contributed by atoms with Gasteiger partial charge in [-0.05, 0) is 13.8 Å². The van der Waals surface area contributed by atoms with Crippen molar-refractivity contribution in [2.45, 2.75) is 20.4 Å². The van der Waals surface area contributed by atoms with Crippen LogP contribution in [0.25, 0.3) is 0 Å². The first-order valence-electron chi connectivity index (χ1n) is 5.40. The summed E-state index contributed by atoms with van der Waals surface area (Å²) in [5, 5.41) is 11.5. The summed E-state index contributed by atoms with van der Waals surface area (Å²) >= 11 is 0. The number of amides is 1. The van der Waals surface area contributed by atoms with Gasteiger partial charge in [-0.15, -0.1) is 0 Å². The number of rotatable bonds is 5. The molecule has 0 aliphatic heterocycles. The highest BCUT2D eigenvalue weighted by Gasteiger charge is 2.18. The fraction of sp³-hybridized carbons (Fsp3) is 0.545. The summed E-state index contributed by atoms with van der Waals surface area (Å²) in [6.45, 7) is 4.95. The van der Waals surface area contributed by atoms with Gasteiger partial charge in [-0.2, -0.15) is 5.26 Å². The topological polar surface area (TPSA) is 96.7 Å². The Labute approximate surface area is 100 Å². The van der Waals surface area contributed by atoms with Gasteiger partial charge >= 0.3 is 0 Å². The zero-order chi connectivity index (χ0) is 12.9. The quantitative estimate of drug-likeness (QED) is 0.757. The van der Waals surface area contributed by atoms with Crippen LogP contribution in [0.15, 0.2) is 12.5 Å². The minimum atomic E-state index is -0.574. The van der Waals surface area contributed by atoms with E-state index in [1.165, 1.54) is 0 Å². The molecular formula is C11H17N5O. The lowest BCUT2D eigenvalue weighted by Gasteiger charge is -2.14. The Kier molecular flexibility index (Phi) is 4.24. The van der Waals surface area contributed by atoms with Gasteiger partial charge < -0.3 is 15.6 Å². The summed E-state index contributed by atoms with van der Waals surface area (Å²) in [6.07, 6.45) is 3.21. The maximum Gasteiger partial charge on any atom is 0.271 e. The van der Waals surface area contributed by atoms with Gasteiger partial charge in [-0.25, -0.2) is 4.98 Å². The van der Waals surface area contributed by atoms with Crippen molar-refractivity contribution in [3.05, 3.63) is 18.2 Å². The third-order valence-electron chi connectivity index (χ3n) is 2.25. The van der Waals surface area contributed by atoms with Crippen LogP contribution in [-0.2, 0) is 6.54 Å². The molecule has 0 fully saturated rings. The molecule has 0 aliphatic carbocycles. The molecule has 0 unspecified atom stereocenters. The first-order valence-corrected chi connectivity index (χ1v) is 5.40. The fourth-order valence-electron chi connectivity index (χ4n) is 1.18. The molecule has 0 saturated carbocycles. The Hall–Kier alpha value is -1.87. The zero-order valence-corrected chi connectivity index (χ0v) is 10.1. The molecule has 6 heteroatoms. The summed E-state index contributed by atoms with van der Waals surface area (Å²) in [5.74, 6) is -0.274. The maximum absolute atomic E-state index is 11.7. The highest BCUT2D eigenvalue weighted by atomic mass is 16.1. The van der Waals surface area contributed by atoms with Crippen molar-refractivity contribution in [3.8, 4) is 6.07 Å². The standard InChI is InChI=1S/C11H17N5O/c1-11(2,6-13)7-14-10(17)9-5-16(4-3-12)8-15-9/h5,8H,3-4,7,12H2,1-2H3,(H,14,17). The molecule has 92 valence electrons. The van der Waals surface area contributed by atoms with Crippen LogP contribution in [0.5, 0.6) is 0 Å². The summed E-state index contributed by atoms with van der Waals surface area (Å²) < 4.78 is 1.75. The maximum atomic E-state index is 11.7. The summed E-state index contributed by atoms with van der Waals surface area (Å²) in [6, 6.07) is 2.12. The SMILES string of the molecule is CC(C)(C#N)CNC(=O)c1cn(CCN)cn1. The Bertz CT molecular complexity index is 429. The molecule has 1 amide bonds. The van der Waals surface area contributed by atoms with Crippen molar-refractivity contribution in [3.63, 3.8) is 0 Å². The lowest BCUT2D eigenvalue weighted by Crippen LogP contribution is -2.33. The summed E-state index contributed by atoms with van der Waals surface area (Å²) in [5.41, 5.74) is 5.16. The summed E-state index contributed by atoms with van der Waals surface area (Å²) in [7, 11) is 0. The minimum absolute atomic E-state index is 0.274. The first kappa shape index (κ1) is 13.2. The Morgan fingerprint density at radius 2 is 2.41 bits per heavy atom. The van der Waals surface area contributed by atoms with E-state index in [9.17, 15) is 4.79 Å². The molecule has 6 nitrogen and oxygen atoms in total. The Balaban J connectivity index is 2.56. The molecule has 1 aromatic heterocycles. The van der Waals surface area contributed by atoms with Gasteiger partial charge in [0.05, 0.1) is 17.8 Å². The number of nitriles is 1. The minimum Gasteiger partial charge on any atom is -0.349 e. The van der Waals surface area contributed by atoms with E-state index >= 15 is 0 Å². The van der Waals surface area contributed by atoms with E-state index in [1.807, 2.05) is 0 Å². The molecule has 17 heavy (non-hydrogen) atoms. The van der Waals surface area contributed by atoms with Crippen molar-refractivity contribution in [1.29, 1.82) is 5.26 Å². The van der Waals surface area contributed by atoms with E-state index in [4.69, 9.17) is 11.0 Å². The van der Waals surface area contributed by atoms with Crippen LogP contribution < -0.4 is 11.1 Å². The number of nitrogens with two attached hydrogens (primary N) is 1. The molecule has 0 spiro atoms. The van der Waals surface area contributed by atoms with Crippen LogP contribution in [0.4, 0.5) is 0 Å². The van der Waals surface area contributed by atoms with Crippen molar-refractivity contribution >= 4 is 5.91 Å². The molecule has 0 bridgehead atoms. The average molecular weight is 235 g/mol. The molecular weight excluding hydrogens is 218 g/mol. The van der Waals surface area contributed by atoms with Gasteiger partial charge in [-0.3, -0.25) is 4.79 Å². The van der Waals surface area contributed by atoms with Crippen LogP contribution in [0.1, 0.15) is 24.3 Å². The number of carbonyl (C=O) groups is 1.